The van der Waals surface area contributed by atoms with Crippen molar-refractivity contribution in [3.8, 4) is 0 Å². The van der Waals surface area contributed by atoms with Gasteiger partial charge in [0, 0.05) is 10.8 Å². The molecule has 5 heteroatoms. The Balaban J connectivity index is 1.79. The smallest absolute Gasteiger partial charge is 0.338 e. The van der Waals surface area contributed by atoms with Crippen LogP contribution in [-0.2, 0) is 19.8 Å². The summed E-state index contributed by atoms with van der Waals surface area (Å²) in [5, 5.41) is 1.00. The second-order valence-electron chi connectivity index (χ2n) is 5.73. The van der Waals surface area contributed by atoms with E-state index < -0.39 is 7.60 Å². The number of para-hydroxylation sites is 1. The molecule has 102 valence electrons. The molecule has 0 saturated carbocycles. The normalized spacial score (nSPS) is 21.6. The molecule has 0 aliphatic carbocycles. The molecule has 0 N–H and O–H groups in total. The second-order valence-corrected chi connectivity index (χ2v) is 7.79. The van der Waals surface area contributed by atoms with Crippen LogP contribution in [0.3, 0.4) is 0 Å². The molecule has 4 nitrogen and oxygen atoms in total. The molecule has 0 radical (unpaired) electrons. The minimum absolute atomic E-state index is 0.0816. The lowest BCUT2D eigenvalue weighted by molar-refractivity contribution is 0.0404. The largest absolute Gasteiger partial charge is 0.460 e. The van der Waals surface area contributed by atoms with Crippen molar-refractivity contribution < 1.29 is 18.0 Å². The van der Waals surface area contributed by atoms with Gasteiger partial charge in [-0.05, 0) is 12.1 Å². The monoisotopic (exact) mass is 280 g/mol. The third kappa shape index (κ3) is 2.76. The maximum Gasteiger partial charge on any atom is 0.338 e. The molecule has 2 aromatic rings. The van der Waals surface area contributed by atoms with Crippen LogP contribution < -0.4 is 0 Å². The summed E-state index contributed by atoms with van der Waals surface area (Å²) in [6.45, 7) is 4.95. The minimum Gasteiger partial charge on any atom is -0.460 e. The van der Waals surface area contributed by atoms with Gasteiger partial charge in [0.15, 0.2) is 0 Å². The van der Waals surface area contributed by atoms with Crippen molar-refractivity contribution in [3.63, 3.8) is 0 Å². The fourth-order valence-corrected chi connectivity index (χ4v) is 3.91. The van der Waals surface area contributed by atoms with Crippen LogP contribution in [0.2, 0.25) is 0 Å². The molecule has 1 aliphatic heterocycles. The van der Waals surface area contributed by atoms with Crippen molar-refractivity contribution >= 4 is 18.6 Å². The summed E-state index contributed by atoms with van der Waals surface area (Å²) < 4.78 is 29.0. The molecule has 0 unspecified atom stereocenters. The van der Waals surface area contributed by atoms with Gasteiger partial charge >= 0.3 is 7.60 Å². The lowest BCUT2D eigenvalue weighted by Gasteiger charge is -2.33. The van der Waals surface area contributed by atoms with E-state index in [9.17, 15) is 4.57 Å². The molecule has 0 amide bonds. The predicted molar refractivity (Wildman–Crippen MR) is 73.2 cm³/mol. The van der Waals surface area contributed by atoms with Gasteiger partial charge in [-0.3, -0.25) is 4.57 Å². The van der Waals surface area contributed by atoms with Gasteiger partial charge in [-0.1, -0.05) is 32.0 Å². The Labute approximate surface area is 112 Å². The Bertz CT molecular complexity index is 597. The first-order valence-corrected chi connectivity index (χ1v) is 8.04. The van der Waals surface area contributed by atoms with E-state index in [0.29, 0.717) is 19.0 Å². The molecule has 0 bridgehead atoms. The van der Waals surface area contributed by atoms with Gasteiger partial charge in [-0.25, -0.2) is 0 Å². The predicted octanol–water partition coefficient (Wildman–Crippen LogP) is 4.20. The van der Waals surface area contributed by atoms with E-state index in [-0.39, 0.29) is 11.6 Å². The first-order valence-electron chi connectivity index (χ1n) is 6.31. The molecule has 3 rings (SSSR count). The summed E-state index contributed by atoms with van der Waals surface area (Å²) in [7, 11) is -3.06. The Morgan fingerprint density at radius 1 is 1.21 bits per heavy atom. The maximum absolute atomic E-state index is 12.5. The third-order valence-electron chi connectivity index (χ3n) is 3.13. The standard InChI is InChI=1S/C14H17O4P/c1-14(2)9-16-19(15,17-10-14)8-12-7-11-5-3-4-6-13(11)18-12/h3-7H,8-10H2,1-2H3. The number of benzene rings is 1. The summed E-state index contributed by atoms with van der Waals surface area (Å²) in [6.07, 6.45) is 0.192. The van der Waals surface area contributed by atoms with Crippen molar-refractivity contribution in [1.29, 1.82) is 0 Å². The van der Waals surface area contributed by atoms with E-state index in [1.165, 1.54) is 0 Å². The van der Waals surface area contributed by atoms with Crippen LogP contribution in [-0.4, -0.2) is 13.2 Å². The zero-order valence-electron chi connectivity index (χ0n) is 11.1. The summed E-state index contributed by atoms with van der Waals surface area (Å²) in [5.41, 5.74) is 0.711. The molecule has 1 aromatic carbocycles. The van der Waals surface area contributed by atoms with Crippen molar-refractivity contribution in [2.45, 2.75) is 20.0 Å². The van der Waals surface area contributed by atoms with Crippen LogP contribution >= 0.6 is 7.60 Å². The summed E-state index contributed by atoms with van der Waals surface area (Å²) >= 11 is 0. The highest BCUT2D eigenvalue weighted by atomic mass is 31.2. The quantitative estimate of drug-likeness (QED) is 0.773. The summed E-state index contributed by atoms with van der Waals surface area (Å²) in [4.78, 5) is 0. The van der Waals surface area contributed by atoms with Gasteiger partial charge in [0.25, 0.3) is 0 Å². The van der Waals surface area contributed by atoms with E-state index in [4.69, 9.17) is 13.5 Å². The average Bonchev–Trinajstić information content (AvgIpc) is 2.75. The molecular formula is C14H17O4P. The summed E-state index contributed by atoms with van der Waals surface area (Å²) in [5.74, 6) is 0.643. The highest BCUT2D eigenvalue weighted by Crippen LogP contribution is 2.56. The van der Waals surface area contributed by atoms with Crippen LogP contribution in [0, 0.1) is 5.41 Å². The molecule has 1 aromatic heterocycles. The fraction of sp³-hybridized carbons (Fsp3) is 0.429. The average molecular weight is 280 g/mol. The molecule has 1 fully saturated rings. The lowest BCUT2D eigenvalue weighted by atomic mass is 9.97. The van der Waals surface area contributed by atoms with E-state index in [0.717, 1.165) is 11.0 Å². The van der Waals surface area contributed by atoms with Crippen molar-refractivity contribution in [3.05, 3.63) is 36.1 Å². The topological polar surface area (TPSA) is 48.7 Å². The van der Waals surface area contributed by atoms with Gasteiger partial charge in [0.1, 0.15) is 17.5 Å². The van der Waals surface area contributed by atoms with Gasteiger partial charge in [-0.2, -0.15) is 0 Å². The van der Waals surface area contributed by atoms with E-state index in [1.807, 2.05) is 44.2 Å². The Hall–Kier alpha value is -1.09. The van der Waals surface area contributed by atoms with Gasteiger partial charge in [0.2, 0.25) is 0 Å². The zero-order valence-corrected chi connectivity index (χ0v) is 12.0. The fourth-order valence-electron chi connectivity index (χ4n) is 2.02. The molecule has 0 atom stereocenters. The zero-order chi connectivity index (χ0) is 13.5. The molecule has 0 spiro atoms. The van der Waals surface area contributed by atoms with E-state index >= 15 is 0 Å². The lowest BCUT2D eigenvalue weighted by Crippen LogP contribution is -2.29. The van der Waals surface area contributed by atoms with Crippen LogP contribution in [0.15, 0.2) is 34.7 Å². The van der Waals surface area contributed by atoms with Crippen molar-refractivity contribution in [1.82, 2.24) is 0 Å². The van der Waals surface area contributed by atoms with Crippen LogP contribution in [0.4, 0.5) is 0 Å². The number of hydrogen-bond acceptors (Lipinski definition) is 4. The van der Waals surface area contributed by atoms with Crippen LogP contribution in [0.25, 0.3) is 11.0 Å². The Morgan fingerprint density at radius 3 is 2.58 bits per heavy atom. The molecule has 19 heavy (non-hydrogen) atoms. The first kappa shape index (κ1) is 12.9. The first-order chi connectivity index (χ1) is 8.96. The van der Waals surface area contributed by atoms with Gasteiger partial charge in [0.05, 0.1) is 13.2 Å². The maximum atomic E-state index is 12.5. The van der Waals surface area contributed by atoms with Crippen molar-refractivity contribution in [2.24, 2.45) is 5.41 Å². The third-order valence-corrected chi connectivity index (χ3v) is 4.87. The number of furan rings is 1. The van der Waals surface area contributed by atoms with E-state index in [1.54, 1.807) is 0 Å². The number of hydrogen-bond donors (Lipinski definition) is 0. The van der Waals surface area contributed by atoms with Gasteiger partial charge in [-0.15, -0.1) is 0 Å². The van der Waals surface area contributed by atoms with Crippen molar-refractivity contribution in [2.75, 3.05) is 13.2 Å². The summed E-state index contributed by atoms with van der Waals surface area (Å²) in [6, 6.07) is 9.60. The molecular weight excluding hydrogens is 263 g/mol. The number of fused-ring (bicyclic) bond motifs is 1. The highest BCUT2D eigenvalue weighted by molar-refractivity contribution is 7.53. The molecule has 1 aliphatic rings. The van der Waals surface area contributed by atoms with E-state index in [2.05, 4.69) is 0 Å². The Kier molecular flexibility index (Phi) is 3.05. The van der Waals surface area contributed by atoms with Crippen LogP contribution in [0.1, 0.15) is 19.6 Å². The molecule has 1 saturated heterocycles. The number of rotatable bonds is 2. The highest BCUT2D eigenvalue weighted by Gasteiger charge is 2.37. The van der Waals surface area contributed by atoms with Crippen LogP contribution in [0.5, 0.6) is 0 Å². The SMILES string of the molecule is CC1(C)COP(=O)(Cc2cc3ccccc3o2)OC1. The Morgan fingerprint density at radius 2 is 1.89 bits per heavy atom. The van der Waals surface area contributed by atoms with Gasteiger partial charge < -0.3 is 13.5 Å². The molecule has 2 heterocycles. The second kappa shape index (κ2) is 4.48. The minimum atomic E-state index is -3.06.